The van der Waals surface area contributed by atoms with E-state index < -0.39 is 99.7 Å². The number of rotatable bonds is 13. The van der Waals surface area contributed by atoms with Crippen molar-refractivity contribution in [3.05, 3.63) is 0 Å². The number of hydrogen-bond donors (Lipinski definition) is 0. The van der Waals surface area contributed by atoms with Crippen LogP contribution in [0.3, 0.4) is 0 Å². The fourth-order valence-electron chi connectivity index (χ4n) is 1.90. The number of halogens is 22. The molecule has 4 unspecified atom stereocenters. The highest BCUT2D eigenvalue weighted by Crippen LogP contribution is 2.54. The number of hydrogen-bond acceptors (Lipinski definition) is 4. The molecule has 0 aromatic carbocycles. The molecule has 0 aliphatic carbocycles. The highest BCUT2D eigenvalue weighted by Gasteiger charge is 2.80. The summed E-state index contributed by atoms with van der Waals surface area (Å²) in [6, 6.07) is 0. The van der Waals surface area contributed by atoms with Crippen LogP contribution < -0.4 is 0 Å². The van der Waals surface area contributed by atoms with Crippen molar-refractivity contribution in [2.75, 3.05) is 0 Å². The maximum Gasteiger partial charge on any atom is 0.462 e. The van der Waals surface area contributed by atoms with Gasteiger partial charge in [-0.15, -0.1) is 0 Å². The Hall–Kier alpha value is -1.70. The molecule has 0 fully saturated rings. The van der Waals surface area contributed by atoms with Crippen molar-refractivity contribution in [1.29, 1.82) is 0 Å². The van der Waals surface area contributed by atoms with Crippen LogP contribution in [-0.4, -0.2) is 72.1 Å². The minimum absolute atomic E-state index is 0.946. The van der Waals surface area contributed by atoms with E-state index in [1.807, 2.05) is 0 Å². The molecule has 0 rings (SSSR count). The predicted octanol–water partition coefficient (Wildman–Crippen LogP) is 8.56. The largest absolute Gasteiger partial charge is 0.462 e. The molecule has 26 heteroatoms. The maximum absolute atomic E-state index is 14.5. The van der Waals surface area contributed by atoms with Gasteiger partial charge in [0.25, 0.3) is 11.7 Å². The molecular formula is C16H12F22O4. The maximum atomic E-state index is 14.5. The summed E-state index contributed by atoms with van der Waals surface area (Å²) < 4.78 is 299. The third-order valence-corrected chi connectivity index (χ3v) is 4.56. The van der Waals surface area contributed by atoms with Crippen molar-refractivity contribution in [2.24, 2.45) is 0 Å². The Bertz CT molecular complexity index is 871. The van der Waals surface area contributed by atoms with Crippen LogP contribution in [0.4, 0.5) is 96.6 Å². The summed E-state index contributed by atoms with van der Waals surface area (Å²) in [4.78, 5) is 0. The van der Waals surface area contributed by atoms with Gasteiger partial charge in [-0.2, -0.15) is 79.0 Å². The average Bonchev–Trinajstić information content (AvgIpc) is 2.62. The quantitative estimate of drug-likeness (QED) is 0.182. The van der Waals surface area contributed by atoms with Crippen molar-refractivity contribution in [1.82, 2.24) is 0 Å². The Morgan fingerprint density at radius 1 is 0.262 bits per heavy atom. The second kappa shape index (κ2) is 10.4. The molecule has 42 heavy (non-hydrogen) atoms. The summed E-state index contributed by atoms with van der Waals surface area (Å²) in [5, 5.41) is 0. The summed E-state index contributed by atoms with van der Waals surface area (Å²) in [5.41, 5.74) is 0. The second-order valence-corrected chi connectivity index (χ2v) is 8.29. The van der Waals surface area contributed by atoms with Gasteiger partial charge in [-0.25, -0.2) is 17.6 Å². The average molecular weight is 686 g/mol. The monoisotopic (exact) mass is 686 g/mol. The van der Waals surface area contributed by atoms with Gasteiger partial charge in [0.15, 0.2) is 0 Å². The topological polar surface area (TPSA) is 36.9 Å². The molecule has 0 amide bonds. The minimum atomic E-state index is -7.49. The molecule has 0 aromatic heterocycles. The normalized spacial score (nSPS) is 21.3. The Morgan fingerprint density at radius 3 is 0.595 bits per heavy atom. The van der Waals surface area contributed by atoms with Crippen LogP contribution in [0.5, 0.6) is 0 Å². The summed E-state index contributed by atoms with van der Waals surface area (Å²) >= 11 is 0. The lowest BCUT2D eigenvalue weighted by Gasteiger charge is -2.42. The van der Waals surface area contributed by atoms with Crippen LogP contribution in [0, 0.1) is 0 Å². The number of ether oxygens (including phenoxy) is 4. The highest BCUT2D eigenvalue weighted by atomic mass is 19.4. The molecule has 0 spiro atoms. The zero-order valence-electron chi connectivity index (χ0n) is 19.9. The van der Waals surface area contributed by atoms with Gasteiger partial charge in [-0.05, 0) is 0 Å². The molecule has 0 N–H and O–H groups in total. The number of alkyl halides is 22. The summed E-state index contributed by atoms with van der Waals surface area (Å²) in [6.07, 6.45) is -42.9. The molecule has 0 radical (unpaired) electrons. The van der Waals surface area contributed by atoms with E-state index in [4.69, 9.17) is 0 Å². The molecular weight excluding hydrogens is 674 g/mol. The Labute approximate surface area is 216 Å². The third-order valence-electron chi connectivity index (χ3n) is 4.56. The van der Waals surface area contributed by atoms with Gasteiger partial charge in [-0.1, -0.05) is 0 Å². The van der Waals surface area contributed by atoms with Crippen molar-refractivity contribution in [3.8, 4) is 0 Å². The lowest BCUT2D eigenvalue weighted by Crippen LogP contribution is -2.64. The lowest BCUT2D eigenvalue weighted by atomic mass is 10.1. The van der Waals surface area contributed by atoms with Crippen LogP contribution in [0.25, 0.3) is 0 Å². The van der Waals surface area contributed by atoms with E-state index in [0.29, 0.717) is 0 Å². The molecule has 0 heterocycles. The van der Waals surface area contributed by atoms with Gasteiger partial charge in [0.2, 0.25) is 0 Å². The first-order valence-corrected chi connectivity index (χ1v) is 9.54. The highest BCUT2D eigenvalue weighted by molar-refractivity contribution is 4.92. The molecule has 0 aromatic rings. The third kappa shape index (κ3) is 7.32. The van der Waals surface area contributed by atoms with Crippen molar-refractivity contribution in [3.63, 3.8) is 0 Å². The Morgan fingerprint density at radius 2 is 0.429 bits per heavy atom. The van der Waals surface area contributed by atoms with Crippen molar-refractivity contribution in [2.45, 2.75) is 99.7 Å². The van der Waals surface area contributed by atoms with Crippen molar-refractivity contribution < 1.29 is 116 Å². The van der Waals surface area contributed by atoms with E-state index in [2.05, 4.69) is 18.9 Å². The van der Waals surface area contributed by atoms with E-state index in [0.717, 1.165) is 0 Å². The van der Waals surface area contributed by atoms with E-state index in [9.17, 15) is 96.6 Å². The molecule has 0 saturated carbocycles. The molecule has 4 nitrogen and oxygen atoms in total. The van der Waals surface area contributed by atoms with Gasteiger partial charge < -0.3 is 0 Å². The summed E-state index contributed by atoms with van der Waals surface area (Å²) in [7, 11) is 0. The van der Waals surface area contributed by atoms with Gasteiger partial charge in [0.05, 0.1) is 0 Å². The zero-order chi connectivity index (χ0) is 34.8. The SMILES string of the molecule is CC(F)(OC(F)(F)C(C)(F)OC(F)(F)C(F)(F)C(F)(F)F)C(C)(F)OC(F)(F)C(C)(F)OC(F)(F)C(F)(F)C(F)(F)F. The first kappa shape index (κ1) is 40.3. The van der Waals surface area contributed by atoms with Crippen LogP contribution in [-0.2, 0) is 18.9 Å². The van der Waals surface area contributed by atoms with E-state index in [1.54, 1.807) is 0 Å². The standard InChI is InChI=1S/C16H12F22O4/c1-5(17,39-13(31,32)7(3,19)41-15(35,36)9(21,22)11(25,26)27)6(2,18)40-14(33,34)8(4,20)42-16(37,38)10(23,24)12(28,29)30/h1-4H3. The summed E-state index contributed by atoms with van der Waals surface area (Å²) in [6.45, 7) is -4.27. The molecule has 0 aliphatic heterocycles. The van der Waals surface area contributed by atoms with E-state index >= 15 is 0 Å². The van der Waals surface area contributed by atoms with Gasteiger partial charge in [-0.3, -0.25) is 18.9 Å². The molecule has 254 valence electrons. The zero-order valence-corrected chi connectivity index (χ0v) is 19.9. The van der Waals surface area contributed by atoms with Gasteiger partial charge >= 0.3 is 60.3 Å². The fraction of sp³-hybridized carbons (Fsp3) is 1.00. The van der Waals surface area contributed by atoms with Gasteiger partial charge in [0.1, 0.15) is 0 Å². The molecule has 0 saturated heterocycles. The van der Waals surface area contributed by atoms with Crippen LogP contribution in [0.15, 0.2) is 0 Å². The molecule has 0 bridgehead atoms. The Balaban J connectivity index is 6.26. The van der Waals surface area contributed by atoms with E-state index in [-0.39, 0.29) is 0 Å². The Kier molecular flexibility index (Phi) is 10.0. The van der Waals surface area contributed by atoms with Crippen LogP contribution in [0.1, 0.15) is 27.7 Å². The fourth-order valence-corrected chi connectivity index (χ4v) is 1.90. The van der Waals surface area contributed by atoms with Crippen LogP contribution >= 0.6 is 0 Å². The lowest BCUT2D eigenvalue weighted by molar-refractivity contribution is -0.530. The molecule has 4 atom stereocenters. The molecule has 0 aliphatic rings. The van der Waals surface area contributed by atoms with Crippen LogP contribution in [0.2, 0.25) is 0 Å². The first-order valence-electron chi connectivity index (χ1n) is 9.54. The second-order valence-electron chi connectivity index (χ2n) is 8.29. The first-order chi connectivity index (χ1) is 17.6. The van der Waals surface area contributed by atoms with E-state index in [1.165, 1.54) is 0 Å². The van der Waals surface area contributed by atoms with Gasteiger partial charge in [0, 0.05) is 27.7 Å². The minimum Gasteiger partial charge on any atom is -0.273 e. The summed E-state index contributed by atoms with van der Waals surface area (Å²) in [5.74, 6) is -38.5. The predicted molar refractivity (Wildman–Crippen MR) is 84.2 cm³/mol. The smallest absolute Gasteiger partial charge is 0.273 e. The van der Waals surface area contributed by atoms with Crippen molar-refractivity contribution >= 4 is 0 Å².